The van der Waals surface area contributed by atoms with Crippen molar-refractivity contribution in [2.45, 2.75) is 59.6 Å². The number of hydrogen-bond donors (Lipinski definition) is 2. The molecule has 1 heterocycles. The summed E-state index contributed by atoms with van der Waals surface area (Å²) >= 11 is 0. The van der Waals surface area contributed by atoms with Crippen LogP contribution in [0.4, 0.5) is 10.6 Å². The van der Waals surface area contributed by atoms with Crippen LogP contribution in [0, 0.1) is 6.92 Å². The third-order valence-corrected chi connectivity index (χ3v) is 3.78. The second-order valence-electron chi connectivity index (χ2n) is 8.25. The van der Waals surface area contributed by atoms with E-state index in [0.29, 0.717) is 34.7 Å². The fourth-order valence-corrected chi connectivity index (χ4v) is 2.54. The van der Waals surface area contributed by atoms with E-state index >= 15 is 0 Å². The predicted molar refractivity (Wildman–Crippen MR) is 106 cm³/mol. The van der Waals surface area contributed by atoms with Crippen molar-refractivity contribution in [3.05, 3.63) is 29.5 Å². The van der Waals surface area contributed by atoms with Crippen molar-refractivity contribution in [2.75, 3.05) is 11.9 Å². The number of rotatable bonds is 5. The van der Waals surface area contributed by atoms with E-state index in [-0.39, 0.29) is 5.78 Å². The molecule has 0 saturated heterocycles. The molecule has 7 nitrogen and oxygen atoms in total. The van der Waals surface area contributed by atoms with E-state index in [9.17, 15) is 9.59 Å². The molecule has 0 aliphatic rings. The Labute approximate surface area is 159 Å². The lowest BCUT2D eigenvalue weighted by atomic mass is 10.1. The molecule has 2 aromatic rings. The predicted octanol–water partition coefficient (Wildman–Crippen LogP) is 3.86. The third-order valence-electron chi connectivity index (χ3n) is 3.78. The number of anilines is 1. The summed E-state index contributed by atoms with van der Waals surface area (Å²) in [5, 5.41) is 6.07. The molecule has 0 radical (unpaired) electrons. The van der Waals surface area contributed by atoms with Crippen molar-refractivity contribution >= 4 is 28.7 Å². The van der Waals surface area contributed by atoms with Gasteiger partial charge < -0.3 is 15.4 Å². The number of fused-ring (bicyclic) bond motifs is 1. The Morgan fingerprint density at radius 1 is 1.11 bits per heavy atom. The number of benzene rings is 1. The number of ether oxygens (including phenoxy) is 1. The van der Waals surface area contributed by atoms with Gasteiger partial charge in [0.2, 0.25) is 0 Å². The first-order valence-electron chi connectivity index (χ1n) is 8.91. The maximum atomic E-state index is 11.9. The average Bonchev–Trinajstić information content (AvgIpc) is 2.51. The number of nitrogens with one attached hydrogen (secondary N) is 2. The van der Waals surface area contributed by atoms with Crippen molar-refractivity contribution in [3.8, 4) is 0 Å². The topological polar surface area (TPSA) is 93.2 Å². The first kappa shape index (κ1) is 20.6. The van der Waals surface area contributed by atoms with Crippen LogP contribution in [0.25, 0.3) is 11.0 Å². The van der Waals surface area contributed by atoms with Gasteiger partial charge in [-0.05, 0) is 60.6 Å². The SMILES string of the molecule is CC(=O)c1cccc2nc(C)c(NC(C)(C)CNC(=O)OC(C)(C)C)nc12. The van der Waals surface area contributed by atoms with E-state index < -0.39 is 17.2 Å². The molecule has 27 heavy (non-hydrogen) atoms. The van der Waals surface area contributed by atoms with Crippen LogP contribution < -0.4 is 10.6 Å². The number of aromatic nitrogens is 2. The van der Waals surface area contributed by atoms with E-state index in [1.54, 1.807) is 12.1 Å². The molecule has 7 heteroatoms. The van der Waals surface area contributed by atoms with Crippen molar-refractivity contribution in [1.29, 1.82) is 0 Å². The van der Waals surface area contributed by atoms with Crippen LogP contribution in [0.5, 0.6) is 0 Å². The van der Waals surface area contributed by atoms with Gasteiger partial charge >= 0.3 is 6.09 Å². The Kier molecular flexibility index (Phi) is 5.73. The minimum absolute atomic E-state index is 0.0597. The van der Waals surface area contributed by atoms with Crippen molar-refractivity contribution in [3.63, 3.8) is 0 Å². The Balaban J connectivity index is 2.21. The molecule has 0 aliphatic heterocycles. The molecule has 0 atom stereocenters. The molecular formula is C20H28N4O3. The summed E-state index contributed by atoms with van der Waals surface area (Å²) in [7, 11) is 0. The zero-order chi connectivity index (χ0) is 20.4. The number of alkyl carbamates (subject to hydrolysis) is 1. The van der Waals surface area contributed by atoms with Crippen LogP contribution >= 0.6 is 0 Å². The van der Waals surface area contributed by atoms with Gasteiger partial charge in [0.15, 0.2) is 5.78 Å². The first-order chi connectivity index (χ1) is 12.4. The molecule has 0 spiro atoms. The highest BCUT2D eigenvalue weighted by atomic mass is 16.6. The zero-order valence-electron chi connectivity index (χ0n) is 17.1. The summed E-state index contributed by atoms with van der Waals surface area (Å²) in [6, 6.07) is 5.38. The number of Topliss-reactive ketones (excluding diaryl/α,β-unsaturated/α-hetero) is 1. The van der Waals surface area contributed by atoms with Gasteiger partial charge in [-0.1, -0.05) is 6.07 Å². The highest BCUT2D eigenvalue weighted by Gasteiger charge is 2.23. The number of carbonyl (C=O) groups excluding carboxylic acids is 2. The molecule has 146 valence electrons. The minimum atomic E-state index is -0.550. The maximum Gasteiger partial charge on any atom is 0.407 e. The lowest BCUT2D eigenvalue weighted by Crippen LogP contribution is -2.45. The molecule has 0 aliphatic carbocycles. The standard InChI is InChI=1S/C20H28N4O3/c1-12-17(23-16-14(13(2)25)9-8-10-15(16)22-12)24-20(6,7)11-21-18(26)27-19(3,4)5/h8-10H,11H2,1-7H3,(H,21,26)(H,23,24). The molecule has 0 saturated carbocycles. The number of para-hydroxylation sites is 1. The third kappa shape index (κ3) is 5.64. The summed E-state index contributed by atoms with van der Waals surface area (Å²) < 4.78 is 5.26. The molecule has 2 rings (SSSR count). The molecular weight excluding hydrogens is 344 g/mol. The van der Waals surface area contributed by atoms with E-state index in [4.69, 9.17) is 4.74 Å². The van der Waals surface area contributed by atoms with Crippen LogP contribution in [0.3, 0.4) is 0 Å². The first-order valence-corrected chi connectivity index (χ1v) is 8.91. The van der Waals surface area contributed by atoms with E-state index in [2.05, 4.69) is 20.6 Å². The quantitative estimate of drug-likeness (QED) is 0.774. The Morgan fingerprint density at radius 2 is 1.78 bits per heavy atom. The van der Waals surface area contributed by atoms with Gasteiger partial charge in [-0.2, -0.15) is 0 Å². The number of carbonyl (C=O) groups is 2. The van der Waals surface area contributed by atoms with Crippen molar-refractivity contribution in [1.82, 2.24) is 15.3 Å². The van der Waals surface area contributed by atoms with E-state index in [0.717, 1.165) is 0 Å². The van der Waals surface area contributed by atoms with Gasteiger partial charge in [-0.25, -0.2) is 14.8 Å². The zero-order valence-corrected chi connectivity index (χ0v) is 17.1. The van der Waals surface area contributed by atoms with Crippen molar-refractivity contribution < 1.29 is 14.3 Å². The fraction of sp³-hybridized carbons (Fsp3) is 0.500. The number of nitrogens with zero attached hydrogens (tertiary/aromatic N) is 2. The molecule has 0 fully saturated rings. The summed E-state index contributed by atoms with van der Waals surface area (Å²) in [5.41, 5.74) is 1.44. The molecule has 2 N–H and O–H groups in total. The number of aryl methyl sites for hydroxylation is 1. The van der Waals surface area contributed by atoms with Crippen LogP contribution in [0.1, 0.15) is 57.6 Å². The fourth-order valence-electron chi connectivity index (χ4n) is 2.54. The van der Waals surface area contributed by atoms with Crippen LogP contribution in [-0.2, 0) is 4.74 Å². The summed E-state index contributed by atoms with van der Waals surface area (Å²) in [4.78, 5) is 33.0. The number of hydrogen-bond acceptors (Lipinski definition) is 6. The normalized spacial score (nSPS) is 12.0. The van der Waals surface area contributed by atoms with Crippen LogP contribution in [0.2, 0.25) is 0 Å². The van der Waals surface area contributed by atoms with Crippen LogP contribution in [-0.4, -0.2) is 39.5 Å². The molecule has 1 aromatic heterocycles. The smallest absolute Gasteiger partial charge is 0.407 e. The second kappa shape index (κ2) is 7.50. The Bertz CT molecular complexity index is 869. The second-order valence-corrected chi connectivity index (χ2v) is 8.25. The number of amides is 1. The van der Waals surface area contributed by atoms with Crippen LogP contribution in [0.15, 0.2) is 18.2 Å². The molecule has 0 bridgehead atoms. The van der Waals surface area contributed by atoms with E-state index in [1.165, 1.54) is 6.92 Å². The van der Waals surface area contributed by atoms with Crippen molar-refractivity contribution in [2.24, 2.45) is 0 Å². The maximum absolute atomic E-state index is 11.9. The lowest BCUT2D eigenvalue weighted by molar-refractivity contribution is 0.0519. The van der Waals surface area contributed by atoms with E-state index in [1.807, 2.05) is 47.6 Å². The monoisotopic (exact) mass is 372 g/mol. The largest absolute Gasteiger partial charge is 0.444 e. The minimum Gasteiger partial charge on any atom is -0.444 e. The van der Waals surface area contributed by atoms with Gasteiger partial charge in [0.1, 0.15) is 16.9 Å². The average molecular weight is 372 g/mol. The molecule has 1 aromatic carbocycles. The highest BCUT2D eigenvalue weighted by Crippen LogP contribution is 2.22. The van der Waals surface area contributed by atoms with Gasteiger partial charge in [-0.15, -0.1) is 0 Å². The summed E-state index contributed by atoms with van der Waals surface area (Å²) in [5.74, 6) is 0.516. The molecule has 0 unspecified atom stereocenters. The van der Waals surface area contributed by atoms with Gasteiger partial charge in [0.05, 0.1) is 16.7 Å². The van der Waals surface area contributed by atoms with Gasteiger partial charge in [-0.3, -0.25) is 4.79 Å². The summed E-state index contributed by atoms with van der Waals surface area (Å²) in [6.45, 7) is 13.0. The Morgan fingerprint density at radius 3 is 2.37 bits per heavy atom. The van der Waals surface area contributed by atoms with Gasteiger partial charge in [0, 0.05) is 12.1 Å². The molecule has 1 amide bonds. The number of ketones is 1. The Hall–Kier alpha value is -2.70. The summed E-state index contributed by atoms with van der Waals surface area (Å²) in [6.07, 6.45) is -0.474. The lowest BCUT2D eigenvalue weighted by Gasteiger charge is -2.29. The van der Waals surface area contributed by atoms with Gasteiger partial charge in [0.25, 0.3) is 0 Å². The highest BCUT2D eigenvalue weighted by molar-refractivity contribution is 6.04.